The first-order valence-electron chi connectivity index (χ1n) is 6.80. The highest BCUT2D eigenvalue weighted by molar-refractivity contribution is 7.07. The Bertz CT molecular complexity index is 596. The molecule has 1 unspecified atom stereocenters. The van der Waals surface area contributed by atoms with E-state index in [2.05, 4.69) is 34.4 Å². The number of ether oxygens (including phenoxy) is 1. The van der Waals surface area contributed by atoms with Crippen LogP contribution in [0.1, 0.15) is 31.0 Å². The van der Waals surface area contributed by atoms with E-state index in [4.69, 9.17) is 4.74 Å². The molecule has 1 amide bonds. The summed E-state index contributed by atoms with van der Waals surface area (Å²) in [6.45, 7) is 4.36. The molecule has 0 radical (unpaired) electrons. The van der Waals surface area contributed by atoms with Crippen molar-refractivity contribution in [3.63, 3.8) is 0 Å². The second kappa shape index (κ2) is 7.24. The fraction of sp³-hybridized carbons (Fsp3) is 0.312. The average Bonchev–Trinajstić information content (AvgIpc) is 2.98. The maximum atomic E-state index is 11.2. The van der Waals surface area contributed by atoms with E-state index >= 15 is 0 Å². The number of hydrogen-bond acceptors (Lipinski definition) is 4. The average molecular weight is 304 g/mol. The molecule has 1 aromatic carbocycles. The standard InChI is InChI=1S/C16H20N2O2S/c1-11(14-6-7-21-10-14)17-9-13-4-5-16(20-3)15(8-13)18-12(2)19/h4-8,10-11,17H,9H2,1-3H3,(H,18,19). The summed E-state index contributed by atoms with van der Waals surface area (Å²) in [5.41, 5.74) is 3.09. The molecule has 5 heteroatoms. The molecule has 0 bridgehead atoms. The molecule has 1 heterocycles. The third kappa shape index (κ3) is 4.31. The van der Waals surface area contributed by atoms with Crippen LogP contribution in [0.4, 0.5) is 5.69 Å². The Labute approximate surface area is 129 Å². The highest BCUT2D eigenvalue weighted by Crippen LogP contribution is 2.26. The summed E-state index contributed by atoms with van der Waals surface area (Å²) in [6.07, 6.45) is 0. The van der Waals surface area contributed by atoms with Crippen molar-refractivity contribution in [1.82, 2.24) is 5.32 Å². The molecule has 0 aliphatic heterocycles. The Morgan fingerprint density at radius 1 is 1.38 bits per heavy atom. The van der Waals surface area contributed by atoms with Gasteiger partial charge in [-0.1, -0.05) is 6.07 Å². The van der Waals surface area contributed by atoms with Crippen molar-refractivity contribution >= 4 is 22.9 Å². The van der Waals surface area contributed by atoms with Gasteiger partial charge in [-0.15, -0.1) is 0 Å². The van der Waals surface area contributed by atoms with Gasteiger partial charge in [0.1, 0.15) is 5.75 Å². The predicted molar refractivity (Wildman–Crippen MR) is 86.9 cm³/mol. The normalized spacial score (nSPS) is 12.0. The lowest BCUT2D eigenvalue weighted by Crippen LogP contribution is -2.17. The van der Waals surface area contributed by atoms with Crippen LogP contribution in [0.15, 0.2) is 35.0 Å². The molecule has 0 aliphatic rings. The number of hydrogen-bond donors (Lipinski definition) is 2. The summed E-state index contributed by atoms with van der Waals surface area (Å²) >= 11 is 1.70. The van der Waals surface area contributed by atoms with Gasteiger partial charge >= 0.3 is 0 Å². The van der Waals surface area contributed by atoms with Crippen LogP contribution in [0.5, 0.6) is 5.75 Å². The molecule has 2 rings (SSSR count). The van der Waals surface area contributed by atoms with Gasteiger partial charge in [0.2, 0.25) is 5.91 Å². The summed E-state index contributed by atoms with van der Waals surface area (Å²) < 4.78 is 5.25. The summed E-state index contributed by atoms with van der Waals surface area (Å²) in [6, 6.07) is 8.23. The summed E-state index contributed by atoms with van der Waals surface area (Å²) in [5.74, 6) is 0.560. The number of amides is 1. The predicted octanol–water partition coefficient (Wildman–Crippen LogP) is 3.57. The first-order chi connectivity index (χ1) is 10.1. The van der Waals surface area contributed by atoms with Gasteiger partial charge in [-0.25, -0.2) is 0 Å². The van der Waals surface area contributed by atoms with Gasteiger partial charge < -0.3 is 15.4 Å². The van der Waals surface area contributed by atoms with Crippen molar-refractivity contribution < 1.29 is 9.53 Å². The molecular weight excluding hydrogens is 284 g/mol. The zero-order chi connectivity index (χ0) is 15.2. The summed E-state index contributed by atoms with van der Waals surface area (Å²) in [4.78, 5) is 11.2. The second-order valence-corrected chi connectivity index (χ2v) is 5.66. The number of anilines is 1. The Balaban J connectivity index is 2.04. The highest BCUT2D eigenvalue weighted by Gasteiger charge is 2.08. The van der Waals surface area contributed by atoms with Crippen molar-refractivity contribution in [2.45, 2.75) is 26.4 Å². The van der Waals surface area contributed by atoms with Gasteiger partial charge in [-0.05, 0) is 47.0 Å². The third-order valence-corrected chi connectivity index (χ3v) is 3.93. The van der Waals surface area contributed by atoms with E-state index in [0.717, 1.165) is 12.1 Å². The second-order valence-electron chi connectivity index (χ2n) is 4.88. The molecule has 0 fully saturated rings. The van der Waals surface area contributed by atoms with Crippen LogP contribution in [0.25, 0.3) is 0 Å². The molecule has 0 saturated heterocycles. The van der Waals surface area contributed by atoms with E-state index in [0.29, 0.717) is 17.5 Å². The molecular formula is C16H20N2O2S. The van der Waals surface area contributed by atoms with Crippen LogP contribution in [-0.2, 0) is 11.3 Å². The first kappa shape index (κ1) is 15.5. The Kier molecular flexibility index (Phi) is 5.36. The lowest BCUT2D eigenvalue weighted by atomic mass is 10.1. The van der Waals surface area contributed by atoms with E-state index in [9.17, 15) is 4.79 Å². The molecule has 4 nitrogen and oxygen atoms in total. The topological polar surface area (TPSA) is 50.4 Å². The monoisotopic (exact) mass is 304 g/mol. The lowest BCUT2D eigenvalue weighted by Gasteiger charge is -2.14. The zero-order valence-electron chi connectivity index (χ0n) is 12.5. The van der Waals surface area contributed by atoms with E-state index in [1.807, 2.05) is 18.2 Å². The SMILES string of the molecule is COc1ccc(CNC(C)c2ccsc2)cc1NC(C)=O. The summed E-state index contributed by atoms with van der Waals surface area (Å²) in [7, 11) is 1.59. The van der Waals surface area contributed by atoms with Crippen molar-refractivity contribution in [2.75, 3.05) is 12.4 Å². The Morgan fingerprint density at radius 3 is 2.81 bits per heavy atom. The Hall–Kier alpha value is -1.85. The van der Waals surface area contributed by atoms with Gasteiger partial charge in [0.15, 0.2) is 0 Å². The molecule has 21 heavy (non-hydrogen) atoms. The van der Waals surface area contributed by atoms with E-state index < -0.39 is 0 Å². The fourth-order valence-electron chi connectivity index (χ4n) is 2.06. The van der Waals surface area contributed by atoms with Gasteiger partial charge in [-0.3, -0.25) is 4.79 Å². The third-order valence-electron chi connectivity index (χ3n) is 3.23. The molecule has 1 atom stereocenters. The molecule has 2 N–H and O–H groups in total. The number of nitrogens with one attached hydrogen (secondary N) is 2. The van der Waals surface area contributed by atoms with Gasteiger partial charge in [0.05, 0.1) is 12.8 Å². The number of benzene rings is 1. The van der Waals surface area contributed by atoms with E-state index in [-0.39, 0.29) is 5.91 Å². The van der Waals surface area contributed by atoms with Gasteiger partial charge in [0.25, 0.3) is 0 Å². The largest absolute Gasteiger partial charge is 0.495 e. The fourth-order valence-corrected chi connectivity index (χ4v) is 2.82. The molecule has 0 spiro atoms. The van der Waals surface area contributed by atoms with Crippen molar-refractivity contribution in [1.29, 1.82) is 0 Å². The molecule has 2 aromatic rings. The maximum Gasteiger partial charge on any atom is 0.221 e. The van der Waals surface area contributed by atoms with E-state index in [1.54, 1.807) is 18.4 Å². The summed E-state index contributed by atoms with van der Waals surface area (Å²) in [5, 5.41) is 10.5. The first-order valence-corrected chi connectivity index (χ1v) is 7.74. The molecule has 112 valence electrons. The molecule has 1 aromatic heterocycles. The quantitative estimate of drug-likeness (QED) is 0.858. The van der Waals surface area contributed by atoms with Crippen molar-refractivity contribution in [3.05, 3.63) is 46.2 Å². The minimum Gasteiger partial charge on any atom is -0.495 e. The number of thiophene rings is 1. The number of rotatable bonds is 6. The molecule has 0 saturated carbocycles. The van der Waals surface area contributed by atoms with Crippen molar-refractivity contribution in [3.8, 4) is 5.75 Å². The van der Waals surface area contributed by atoms with Crippen LogP contribution in [0.2, 0.25) is 0 Å². The van der Waals surface area contributed by atoms with Gasteiger partial charge in [0, 0.05) is 19.5 Å². The highest BCUT2D eigenvalue weighted by atomic mass is 32.1. The van der Waals surface area contributed by atoms with Crippen LogP contribution >= 0.6 is 11.3 Å². The maximum absolute atomic E-state index is 11.2. The van der Waals surface area contributed by atoms with Crippen molar-refractivity contribution in [2.24, 2.45) is 0 Å². The van der Waals surface area contributed by atoms with E-state index in [1.165, 1.54) is 12.5 Å². The van der Waals surface area contributed by atoms with Crippen LogP contribution in [0.3, 0.4) is 0 Å². The minimum absolute atomic E-state index is 0.106. The number of carbonyl (C=O) groups excluding carboxylic acids is 1. The Morgan fingerprint density at radius 2 is 2.19 bits per heavy atom. The smallest absolute Gasteiger partial charge is 0.221 e. The van der Waals surface area contributed by atoms with Gasteiger partial charge in [-0.2, -0.15) is 11.3 Å². The minimum atomic E-state index is -0.106. The number of methoxy groups -OCH3 is 1. The number of carbonyl (C=O) groups is 1. The van der Waals surface area contributed by atoms with Crippen LogP contribution in [0, 0.1) is 0 Å². The zero-order valence-corrected chi connectivity index (χ0v) is 13.3. The van der Waals surface area contributed by atoms with Crippen LogP contribution < -0.4 is 15.4 Å². The lowest BCUT2D eigenvalue weighted by molar-refractivity contribution is -0.114. The van der Waals surface area contributed by atoms with Crippen LogP contribution in [-0.4, -0.2) is 13.0 Å². The molecule has 0 aliphatic carbocycles.